The number of anilines is 1. The summed E-state index contributed by atoms with van der Waals surface area (Å²) < 4.78 is 2.05. The van der Waals surface area contributed by atoms with E-state index in [2.05, 4.69) is 50.0 Å². The lowest BCUT2D eigenvalue weighted by Gasteiger charge is -2.06. The maximum absolute atomic E-state index is 4.66. The summed E-state index contributed by atoms with van der Waals surface area (Å²) >= 11 is 1.64. The van der Waals surface area contributed by atoms with Gasteiger partial charge in [-0.25, -0.2) is 10.1 Å². The maximum Gasteiger partial charge on any atom is 0.229 e. The van der Waals surface area contributed by atoms with Gasteiger partial charge >= 0.3 is 0 Å². The van der Waals surface area contributed by atoms with Crippen molar-refractivity contribution in [3.63, 3.8) is 0 Å². The van der Waals surface area contributed by atoms with Gasteiger partial charge in [-0.1, -0.05) is 0 Å². The average Bonchev–Trinajstić information content (AvgIpc) is 3.09. The van der Waals surface area contributed by atoms with Gasteiger partial charge < -0.3 is 4.90 Å². The van der Waals surface area contributed by atoms with Crippen LogP contribution < -0.4 is 4.90 Å². The molecule has 3 rings (SSSR count). The zero-order valence-corrected chi connectivity index (χ0v) is 12.7. The van der Waals surface area contributed by atoms with Gasteiger partial charge in [0.2, 0.25) is 5.95 Å². The van der Waals surface area contributed by atoms with E-state index in [1.54, 1.807) is 11.3 Å². The number of thiazole rings is 1. The molecule has 0 atom stereocenters. The molecule has 0 unspecified atom stereocenters. The van der Waals surface area contributed by atoms with E-state index in [0.29, 0.717) is 0 Å². The molecule has 0 amide bonds. The molecule has 6 nitrogen and oxygen atoms in total. The third-order valence-corrected chi connectivity index (χ3v) is 4.20. The molecule has 7 heteroatoms. The molecule has 0 aliphatic rings. The summed E-state index contributed by atoms with van der Waals surface area (Å²) in [6.07, 6.45) is 1.51. The van der Waals surface area contributed by atoms with E-state index in [0.717, 1.165) is 33.7 Å². The SMILES string of the molecule is Cc1cc(-c2csc(N(C)C)n2)c(C)n1-c1ncn[nH]1. The summed E-state index contributed by atoms with van der Waals surface area (Å²) in [6.45, 7) is 4.12. The second kappa shape index (κ2) is 4.75. The summed E-state index contributed by atoms with van der Waals surface area (Å²) in [4.78, 5) is 10.9. The van der Waals surface area contributed by atoms with Crippen LogP contribution in [-0.2, 0) is 0 Å². The standard InChI is InChI=1S/C13H16N6S/c1-8-5-10(11-6-20-13(16-11)18(3)4)9(2)19(8)12-14-7-15-17-12/h5-7H,1-4H3,(H,14,15,17). The molecule has 0 aliphatic heterocycles. The van der Waals surface area contributed by atoms with Crippen molar-refractivity contribution >= 4 is 16.5 Å². The molecule has 20 heavy (non-hydrogen) atoms. The summed E-state index contributed by atoms with van der Waals surface area (Å²) in [5.41, 5.74) is 4.34. The Labute approximate surface area is 121 Å². The number of hydrogen-bond donors (Lipinski definition) is 1. The molecule has 0 radical (unpaired) electrons. The highest BCUT2D eigenvalue weighted by Crippen LogP contribution is 2.31. The molecule has 0 aromatic carbocycles. The molecule has 0 saturated carbocycles. The monoisotopic (exact) mass is 288 g/mol. The Morgan fingerprint density at radius 1 is 1.30 bits per heavy atom. The Morgan fingerprint density at radius 3 is 2.70 bits per heavy atom. The van der Waals surface area contributed by atoms with Gasteiger partial charge in [0.05, 0.1) is 5.69 Å². The minimum atomic E-state index is 0.731. The van der Waals surface area contributed by atoms with Gasteiger partial charge in [0.1, 0.15) is 6.33 Å². The van der Waals surface area contributed by atoms with Crippen molar-refractivity contribution in [1.82, 2.24) is 24.7 Å². The first-order chi connectivity index (χ1) is 9.58. The van der Waals surface area contributed by atoms with E-state index in [4.69, 9.17) is 0 Å². The molecule has 1 N–H and O–H groups in total. The van der Waals surface area contributed by atoms with Crippen LogP contribution in [0.25, 0.3) is 17.2 Å². The van der Waals surface area contributed by atoms with Gasteiger partial charge in [0, 0.05) is 36.4 Å². The molecule has 0 fully saturated rings. The van der Waals surface area contributed by atoms with E-state index in [1.807, 2.05) is 19.0 Å². The van der Waals surface area contributed by atoms with Crippen LogP contribution in [0.4, 0.5) is 5.13 Å². The van der Waals surface area contributed by atoms with Gasteiger partial charge in [-0.15, -0.1) is 11.3 Å². The van der Waals surface area contributed by atoms with Gasteiger partial charge in [0.25, 0.3) is 0 Å². The zero-order chi connectivity index (χ0) is 14.3. The van der Waals surface area contributed by atoms with Crippen molar-refractivity contribution in [2.75, 3.05) is 19.0 Å². The van der Waals surface area contributed by atoms with Crippen molar-refractivity contribution in [3.8, 4) is 17.2 Å². The van der Waals surface area contributed by atoms with Crippen molar-refractivity contribution in [3.05, 3.63) is 29.2 Å². The molecule has 0 bridgehead atoms. The summed E-state index contributed by atoms with van der Waals surface area (Å²) in [5.74, 6) is 0.731. The van der Waals surface area contributed by atoms with Crippen molar-refractivity contribution < 1.29 is 0 Å². The van der Waals surface area contributed by atoms with Crippen molar-refractivity contribution in [2.45, 2.75) is 13.8 Å². The highest BCUT2D eigenvalue weighted by molar-refractivity contribution is 7.14. The normalized spacial score (nSPS) is 11.0. The van der Waals surface area contributed by atoms with Gasteiger partial charge in [-0.05, 0) is 19.9 Å². The fraction of sp³-hybridized carbons (Fsp3) is 0.308. The van der Waals surface area contributed by atoms with Crippen LogP contribution in [0.3, 0.4) is 0 Å². The van der Waals surface area contributed by atoms with Gasteiger partial charge in [0.15, 0.2) is 5.13 Å². The Bertz CT molecular complexity index is 722. The number of nitrogens with one attached hydrogen (secondary N) is 1. The molecule has 104 valence electrons. The van der Waals surface area contributed by atoms with E-state index in [1.165, 1.54) is 6.33 Å². The Balaban J connectivity index is 2.09. The minimum Gasteiger partial charge on any atom is -0.354 e. The topological polar surface area (TPSA) is 62.6 Å². The Kier molecular flexibility index (Phi) is 3.06. The van der Waals surface area contributed by atoms with E-state index < -0.39 is 0 Å². The predicted octanol–water partition coefficient (Wildman–Crippen LogP) is 2.40. The molecule has 3 aromatic heterocycles. The summed E-state index contributed by atoms with van der Waals surface area (Å²) in [7, 11) is 4.00. The number of aromatic amines is 1. The van der Waals surface area contributed by atoms with Crippen LogP contribution >= 0.6 is 11.3 Å². The molecule has 3 aromatic rings. The van der Waals surface area contributed by atoms with Crippen LogP contribution in [-0.4, -0.2) is 38.8 Å². The maximum atomic E-state index is 4.66. The first-order valence-corrected chi connectivity index (χ1v) is 7.14. The smallest absolute Gasteiger partial charge is 0.229 e. The lowest BCUT2D eigenvalue weighted by Crippen LogP contribution is -2.07. The summed E-state index contributed by atoms with van der Waals surface area (Å²) in [5, 5.41) is 9.90. The number of H-pyrrole nitrogens is 1. The second-order valence-corrected chi connectivity index (χ2v) is 5.68. The molecular weight excluding hydrogens is 272 g/mol. The van der Waals surface area contributed by atoms with Crippen molar-refractivity contribution in [2.24, 2.45) is 0 Å². The third-order valence-electron chi connectivity index (χ3n) is 3.20. The average molecular weight is 288 g/mol. The molecule has 3 heterocycles. The first kappa shape index (κ1) is 12.9. The number of nitrogens with zero attached hydrogens (tertiary/aromatic N) is 5. The minimum absolute atomic E-state index is 0.731. The van der Waals surface area contributed by atoms with Crippen LogP contribution in [0.15, 0.2) is 17.8 Å². The highest BCUT2D eigenvalue weighted by atomic mass is 32.1. The molecule has 0 spiro atoms. The van der Waals surface area contributed by atoms with Crippen LogP contribution in [0, 0.1) is 13.8 Å². The third kappa shape index (κ3) is 2.00. The molecular formula is C13H16N6S. The summed E-state index contributed by atoms with van der Waals surface area (Å²) in [6, 6.07) is 2.13. The molecule has 0 saturated heterocycles. The fourth-order valence-corrected chi connectivity index (χ4v) is 3.01. The Hall–Kier alpha value is -2.15. The van der Waals surface area contributed by atoms with E-state index >= 15 is 0 Å². The van der Waals surface area contributed by atoms with Crippen LogP contribution in [0.1, 0.15) is 11.4 Å². The zero-order valence-electron chi connectivity index (χ0n) is 11.9. The number of rotatable bonds is 3. The number of aromatic nitrogens is 5. The molecule has 0 aliphatic carbocycles. The quantitative estimate of drug-likeness (QED) is 0.804. The Morgan fingerprint density at radius 2 is 2.10 bits per heavy atom. The lowest BCUT2D eigenvalue weighted by molar-refractivity contribution is 0.879. The van der Waals surface area contributed by atoms with Gasteiger partial charge in [-0.3, -0.25) is 4.57 Å². The lowest BCUT2D eigenvalue weighted by atomic mass is 10.2. The number of hydrogen-bond acceptors (Lipinski definition) is 5. The second-order valence-electron chi connectivity index (χ2n) is 4.84. The highest BCUT2D eigenvalue weighted by Gasteiger charge is 2.16. The van der Waals surface area contributed by atoms with E-state index in [-0.39, 0.29) is 0 Å². The fourth-order valence-electron chi connectivity index (χ4n) is 2.25. The van der Waals surface area contributed by atoms with Crippen molar-refractivity contribution in [1.29, 1.82) is 0 Å². The van der Waals surface area contributed by atoms with Crippen LogP contribution in [0.2, 0.25) is 0 Å². The van der Waals surface area contributed by atoms with E-state index in [9.17, 15) is 0 Å². The van der Waals surface area contributed by atoms with Crippen LogP contribution in [0.5, 0.6) is 0 Å². The largest absolute Gasteiger partial charge is 0.354 e. The predicted molar refractivity (Wildman–Crippen MR) is 80.6 cm³/mol. The van der Waals surface area contributed by atoms with Gasteiger partial charge in [-0.2, -0.15) is 10.1 Å². The first-order valence-electron chi connectivity index (χ1n) is 6.26. The number of aryl methyl sites for hydroxylation is 1.